The number of aromatic nitrogens is 2. The Bertz CT molecular complexity index is 786. The van der Waals surface area contributed by atoms with E-state index in [1.807, 2.05) is 28.8 Å². The fraction of sp³-hybridized carbons (Fsp3) is 0.524. The second-order valence-corrected chi connectivity index (χ2v) is 7.74. The van der Waals surface area contributed by atoms with Crippen molar-refractivity contribution in [1.82, 2.24) is 19.6 Å². The van der Waals surface area contributed by atoms with E-state index in [1.165, 1.54) is 16.8 Å². The summed E-state index contributed by atoms with van der Waals surface area (Å²) in [6, 6.07) is 8.11. The number of rotatable bonds is 4. The monoisotopic (exact) mass is 369 g/mol. The van der Waals surface area contributed by atoms with Gasteiger partial charge < -0.3 is 10.2 Å². The van der Waals surface area contributed by atoms with Gasteiger partial charge in [-0.1, -0.05) is 26.0 Å². The van der Waals surface area contributed by atoms with Gasteiger partial charge >= 0.3 is 6.03 Å². The topological polar surface area (TPSA) is 53.4 Å². The number of urea groups is 1. The number of nitrogens with zero attached hydrogens (tertiary/aromatic N) is 4. The summed E-state index contributed by atoms with van der Waals surface area (Å²) < 4.78 is 1.94. The van der Waals surface area contributed by atoms with Gasteiger partial charge in [-0.2, -0.15) is 5.10 Å². The van der Waals surface area contributed by atoms with E-state index in [0.717, 1.165) is 44.1 Å². The minimum atomic E-state index is -0.0133. The van der Waals surface area contributed by atoms with E-state index in [4.69, 9.17) is 0 Å². The third kappa shape index (κ3) is 4.50. The van der Waals surface area contributed by atoms with Gasteiger partial charge in [0, 0.05) is 56.7 Å². The Morgan fingerprint density at radius 1 is 1.11 bits per heavy atom. The summed E-state index contributed by atoms with van der Waals surface area (Å²) in [7, 11) is 1.99. The van der Waals surface area contributed by atoms with E-state index in [9.17, 15) is 4.79 Å². The quantitative estimate of drug-likeness (QED) is 0.897. The van der Waals surface area contributed by atoms with E-state index in [-0.39, 0.29) is 6.03 Å². The maximum atomic E-state index is 12.5. The van der Waals surface area contributed by atoms with Crippen LogP contribution in [0.4, 0.5) is 10.5 Å². The van der Waals surface area contributed by atoms with Crippen LogP contribution in [0.3, 0.4) is 0 Å². The van der Waals surface area contributed by atoms with Crippen LogP contribution in [0.2, 0.25) is 0 Å². The summed E-state index contributed by atoms with van der Waals surface area (Å²) in [4.78, 5) is 16.8. The van der Waals surface area contributed by atoms with Crippen molar-refractivity contribution in [2.75, 3.05) is 31.5 Å². The zero-order valence-electron chi connectivity index (χ0n) is 17.1. The van der Waals surface area contributed by atoms with Crippen LogP contribution in [0.5, 0.6) is 0 Å². The summed E-state index contributed by atoms with van der Waals surface area (Å²) in [5, 5.41) is 7.52. The minimum absolute atomic E-state index is 0.0133. The van der Waals surface area contributed by atoms with Gasteiger partial charge in [-0.15, -0.1) is 0 Å². The van der Waals surface area contributed by atoms with Gasteiger partial charge in [-0.05, 0) is 37.5 Å². The van der Waals surface area contributed by atoms with Crippen molar-refractivity contribution in [2.24, 2.45) is 7.05 Å². The fourth-order valence-electron chi connectivity index (χ4n) is 3.53. The summed E-state index contributed by atoms with van der Waals surface area (Å²) in [6.07, 6.45) is 0. The highest BCUT2D eigenvalue weighted by molar-refractivity contribution is 5.89. The molecule has 0 spiro atoms. The lowest BCUT2D eigenvalue weighted by atomic mass is 10.0. The zero-order valence-corrected chi connectivity index (χ0v) is 17.1. The first-order chi connectivity index (χ1) is 12.8. The molecule has 6 heteroatoms. The first-order valence-corrected chi connectivity index (χ1v) is 9.72. The van der Waals surface area contributed by atoms with Gasteiger partial charge in [0.2, 0.25) is 0 Å². The molecule has 1 aliphatic heterocycles. The van der Waals surface area contributed by atoms with Crippen molar-refractivity contribution in [2.45, 2.75) is 40.2 Å². The van der Waals surface area contributed by atoms with E-state index in [0.29, 0.717) is 5.92 Å². The number of amides is 2. The van der Waals surface area contributed by atoms with Gasteiger partial charge in [0.05, 0.1) is 5.69 Å². The average Bonchev–Trinajstić information content (AvgIpc) is 2.89. The van der Waals surface area contributed by atoms with Crippen LogP contribution in [0.1, 0.15) is 42.3 Å². The van der Waals surface area contributed by atoms with Gasteiger partial charge in [-0.3, -0.25) is 9.58 Å². The first-order valence-electron chi connectivity index (χ1n) is 9.72. The normalized spacial score (nSPS) is 15.4. The largest absolute Gasteiger partial charge is 0.322 e. The Morgan fingerprint density at radius 3 is 2.26 bits per heavy atom. The smallest absolute Gasteiger partial charge is 0.321 e. The molecule has 2 amide bonds. The number of anilines is 1. The number of piperazine rings is 1. The van der Waals surface area contributed by atoms with Crippen molar-refractivity contribution in [3.05, 3.63) is 46.8 Å². The number of carbonyl (C=O) groups is 1. The Kier molecular flexibility index (Phi) is 5.85. The summed E-state index contributed by atoms with van der Waals surface area (Å²) in [5.74, 6) is 0.495. The molecule has 0 unspecified atom stereocenters. The summed E-state index contributed by atoms with van der Waals surface area (Å²) in [6.45, 7) is 12.7. The van der Waals surface area contributed by atoms with Crippen LogP contribution in [-0.4, -0.2) is 51.8 Å². The van der Waals surface area contributed by atoms with Crippen molar-refractivity contribution in [1.29, 1.82) is 0 Å². The molecule has 27 heavy (non-hydrogen) atoms. The van der Waals surface area contributed by atoms with E-state index >= 15 is 0 Å². The third-order valence-electron chi connectivity index (χ3n) is 5.53. The van der Waals surface area contributed by atoms with Gasteiger partial charge in [-0.25, -0.2) is 4.79 Å². The molecule has 1 N–H and O–H groups in total. The number of hydrogen-bond acceptors (Lipinski definition) is 3. The summed E-state index contributed by atoms with van der Waals surface area (Å²) >= 11 is 0. The standard InChI is InChI=1S/C21H31N5O/c1-15(2)18-6-8-19(9-7-18)22-21(27)26-12-10-25(11-13-26)14-20-16(3)23-24(5)17(20)4/h6-9,15H,10-14H2,1-5H3,(H,22,27). The number of benzene rings is 1. The van der Waals surface area contributed by atoms with Crippen molar-refractivity contribution < 1.29 is 4.79 Å². The fourth-order valence-corrected chi connectivity index (χ4v) is 3.53. The Morgan fingerprint density at radius 2 is 1.74 bits per heavy atom. The molecule has 1 aromatic carbocycles. The lowest BCUT2D eigenvalue weighted by Crippen LogP contribution is -2.49. The van der Waals surface area contributed by atoms with E-state index in [2.05, 4.69) is 55.1 Å². The van der Waals surface area contributed by atoms with Crippen molar-refractivity contribution in [3.63, 3.8) is 0 Å². The van der Waals surface area contributed by atoms with E-state index in [1.54, 1.807) is 0 Å². The molecule has 0 saturated carbocycles. The molecule has 0 radical (unpaired) electrons. The molecule has 1 saturated heterocycles. The second-order valence-electron chi connectivity index (χ2n) is 7.74. The molecule has 1 aliphatic rings. The third-order valence-corrected chi connectivity index (χ3v) is 5.53. The number of carbonyl (C=O) groups excluding carboxylic acids is 1. The molecule has 2 aromatic rings. The van der Waals surface area contributed by atoms with Crippen LogP contribution >= 0.6 is 0 Å². The highest BCUT2D eigenvalue weighted by Crippen LogP contribution is 2.19. The number of nitrogens with one attached hydrogen (secondary N) is 1. The molecule has 0 bridgehead atoms. The molecule has 3 rings (SSSR count). The van der Waals surface area contributed by atoms with Crippen LogP contribution in [-0.2, 0) is 13.6 Å². The maximum absolute atomic E-state index is 12.5. The molecule has 146 valence electrons. The number of hydrogen-bond donors (Lipinski definition) is 1. The predicted molar refractivity (Wildman–Crippen MR) is 109 cm³/mol. The molecule has 0 atom stereocenters. The highest BCUT2D eigenvalue weighted by Gasteiger charge is 2.22. The second kappa shape index (κ2) is 8.13. The van der Waals surface area contributed by atoms with Crippen LogP contribution in [0.15, 0.2) is 24.3 Å². The van der Waals surface area contributed by atoms with E-state index < -0.39 is 0 Å². The summed E-state index contributed by atoms with van der Waals surface area (Å²) in [5.41, 5.74) is 5.76. The molecule has 1 fully saturated rings. The van der Waals surface area contributed by atoms with Crippen LogP contribution in [0, 0.1) is 13.8 Å². The number of aryl methyl sites for hydroxylation is 2. The minimum Gasteiger partial charge on any atom is -0.322 e. The molecule has 2 heterocycles. The lowest BCUT2D eigenvalue weighted by molar-refractivity contribution is 0.142. The maximum Gasteiger partial charge on any atom is 0.321 e. The molecule has 0 aliphatic carbocycles. The van der Waals surface area contributed by atoms with Gasteiger partial charge in [0.1, 0.15) is 0 Å². The molecular formula is C21H31N5O. The zero-order chi connectivity index (χ0) is 19.6. The molecular weight excluding hydrogens is 338 g/mol. The van der Waals surface area contributed by atoms with Crippen molar-refractivity contribution >= 4 is 11.7 Å². The van der Waals surface area contributed by atoms with Gasteiger partial charge in [0.25, 0.3) is 0 Å². The predicted octanol–water partition coefficient (Wildman–Crippen LogP) is 3.51. The SMILES string of the molecule is Cc1nn(C)c(C)c1CN1CCN(C(=O)Nc2ccc(C(C)C)cc2)CC1. The van der Waals surface area contributed by atoms with Crippen molar-refractivity contribution in [3.8, 4) is 0 Å². The molecule has 1 aromatic heterocycles. The van der Waals surface area contributed by atoms with Crippen LogP contribution < -0.4 is 5.32 Å². The highest BCUT2D eigenvalue weighted by atomic mass is 16.2. The average molecular weight is 370 g/mol. The first kappa shape index (κ1) is 19.4. The Hall–Kier alpha value is -2.34. The Labute approximate surface area is 162 Å². The molecule has 6 nitrogen and oxygen atoms in total. The lowest BCUT2D eigenvalue weighted by Gasteiger charge is -2.34. The van der Waals surface area contributed by atoms with Gasteiger partial charge in [0.15, 0.2) is 0 Å². The Balaban J connectivity index is 1.51. The van der Waals surface area contributed by atoms with Crippen LogP contribution in [0.25, 0.3) is 0 Å².